The van der Waals surface area contributed by atoms with Crippen molar-refractivity contribution in [3.63, 3.8) is 0 Å². The Kier molecular flexibility index (Phi) is 4.43. The smallest absolute Gasteiger partial charge is 0.0700 e. The summed E-state index contributed by atoms with van der Waals surface area (Å²) in [7, 11) is 0. The molecule has 0 amide bonds. The van der Waals surface area contributed by atoms with Crippen molar-refractivity contribution in [3.05, 3.63) is 71.8 Å². The van der Waals surface area contributed by atoms with Crippen LogP contribution in [0.1, 0.15) is 62.2 Å². The molecule has 1 saturated carbocycles. The van der Waals surface area contributed by atoms with Gasteiger partial charge in [0.05, 0.1) is 17.7 Å². The van der Waals surface area contributed by atoms with Crippen molar-refractivity contribution < 1.29 is 0 Å². The Morgan fingerprint density at radius 1 is 0.875 bits per heavy atom. The van der Waals surface area contributed by atoms with Crippen molar-refractivity contribution in [2.45, 2.75) is 56.8 Å². The predicted octanol–water partition coefficient (Wildman–Crippen LogP) is 4.96. The Hall–Kier alpha value is -1.64. The van der Waals surface area contributed by atoms with Crippen LogP contribution >= 0.6 is 0 Å². The SMILES string of the molecule is CC[C@@H]1CCCC2(C1)N[C@H](c1ccccc1)[C@@H](c1ccccc1)N2. The summed E-state index contributed by atoms with van der Waals surface area (Å²) in [6.45, 7) is 2.34. The standard InChI is InChI=1S/C22H28N2/c1-2-17-10-9-15-22(16-17)23-20(18-11-5-3-6-12-18)21(24-22)19-13-7-4-8-14-19/h3-8,11-14,17,20-21,23-24H,2,9-10,15-16H2,1H3/t17-,20-,21-/m1/s1. The third-order valence-electron chi connectivity index (χ3n) is 5.94. The fourth-order valence-electron chi connectivity index (χ4n) is 4.68. The van der Waals surface area contributed by atoms with Gasteiger partial charge >= 0.3 is 0 Å². The molecule has 0 radical (unpaired) electrons. The van der Waals surface area contributed by atoms with Crippen molar-refractivity contribution in [1.82, 2.24) is 10.6 Å². The first-order valence-electron chi connectivity index (χ1n) is 9.45. The van der Waals surface area contributed by atoms with Crippen molar-refractivity contribution in [2.24, 2.45) is 5.92 Å². The Morgan fingerprint density at radius 2 is 1.42 bits per heavy atom. The molecule has 0 aromatic heterocycles. The summed E-state index contributed by atoms with van der Waals surface area (Å²) in [4.78, 5) is 0. The van der Waals surface area contributed by atoms with Gasteiger partial charge in [-0.15, -0.1) is 0 Å². The van der Waals surface area contributed by atoms with Gasteiger partial charge in [0, 0.05) is 0 Å². The van der Waals surface area contributed by atoms with E-state index in [-0.39, 0.29) is 5.66 Å². The highest BCUT2D eigenvalue weighted by Crippen LogP contribution is 2.44. The van der Waals surface area contributed by atoms with E-state index in [2.05, 4.69) is 78.2 Å². The van der Waals surface area contributed by atoms with Crippen LogP contribution in [0.4, 0.5) is 0 Å². The molecule has 2 fully saturated rings. The molecule has 2 aliphatic rings. The van der Waals surface area contributed by atoms with Crippen molar-refractivity contribution in [1.29, 1.82) is 0 Å². The van der Waals surface area contributed by atoms with Crippen LogP contribution in [0.3, 0.4) is 0 Å². The van der Waals surface area contributed by atoms with Crippen LogP contribution < -0.4 is 10.6 Å². The van der Waals surface area contributed by atoms with E-state index in [4.69, 9.17) is 0 Å². The lowest BCUT2D eigenvalue weighted by Gasteiger charge is -2.39. The lowest BCUT2D eigenvalue weighted by Crippen LogP contribution is -2.52. The zero-order chi connectivity index (χ0) is 16.4. The average Bonchev–Trinajstić information content (AvgIpc) is 3.02. The monoisotopic (exact) mass is 320 g/mol. The molecular weight excluding hydrogens is 292 g/mol. The lowest BCUT2D eigenvalue weighted by molar-refractivity contribution is 0.167. The molecule has 2 nitrogen and oxygen atoms in total. The van der Waals surface area contributed by atoms with Crippen molar-refractivity contribution in [3.8, 4) is 0 Å². The van der Waals surface area contributed by atoms with Crippen molar-refractivity contribution in [2.75, 3.05) is 0 Å². The average molecular weight is 320 g/mol. The quantitative estimate of drug-likeness (QED) is 0.835. The number of benzene rings is 2. The van der Waals surface area contributed by atoms with Crippen LogP contribution in [-0.2, 0) is 0 Å². The molecular formula is C22H28N2. The van der Waals surface area contributed by atoms with Crippen LogP contribution in [0.5, 0.6) is 0 Å². The Morgan fingerprint density at radius 3 is 1.92 bits per heavy atom. The minimum absolute atomic E-state index is 0.0972. The largest absolute Gasteiger partial charge is 0.290 e. The summed E-state index contributed by atoms with van der Waals surface area (Å²) in [6, 6.07) is 22.5. The Balaban J connectivity index is 1.68. The van der Waals surface area contributed by atoms with Crippen LogP contribution in [0.25, 0.3) is 0 Å². The van der Waals surface area contributed by atoms with Gasteiger partial charge in [-0.3, -0.25) is 10.6 Å². The molecule has 3 atom stereocenters. The predicted molar refractivity (Wildman–Crippen MR) is 99.6 cm³/mol. The highest BCUT2D eigenvalue weighted by atomic mass is 15.3. The van der Waals surface area contributed by atoms with Crippen LogP contribution in [0.2, 0.25) is 0 Å². The summed E-state index contributed by atoms with van der Waals surface area (Å²) in [5.74, 6) is 0.838. The molecule has 2 aromatic rings. The number of hydrogen-bond donors (Lipinski definition) is 2. The molecule has 0 unspecified atom stereocenters. The van der Waals surface area contributed by atoms with Crippen molar-refractivity contribution >= 4 is 0 Å². The first kappa shape index (κ1) is 15.9. The molecule has 0 bridgehead atoms. The van der Waals surface area contributed by atoms with Crippen LogP contribution in [0.15, 0.2) is 60.7 Å². The summed E-state index contributed by atoms with van der Waals surface area (Å²) >= 11 is 0. The molecule has 24 heavy (non-hydrogen) atoms. The number of nitrogens with one attached hydrogen (secondary N) is 2. The zero-order valence-electron chi connectivity index (χ0n) is 14.5. The lowest BCUT2D eigenvalue weighted by atomic mass is 9.80. The Labute approximate surface area is 145 Å². The van der Waals surface area contributed by atoms with Gasteiger partial charge in [-0.2, -0.15) is 0 Å². The third-order valence-corrected chi connectivity index (χ3v) is 5.94. The van der Waals surface area contributed by atoms with E-state index in [1.807, 2.05) is 0 Å². The molecule has 1 aliphatic carbocycles. The molecule has 2 heteroatoms. The summed E-state index contributed by atoms with van der Waals surface area (Å²) < 4.78 is 0. The molecule has 2 aromatic carbocycles. The maximum absolute atomic E-state index is 4.02. The molecule has 1 heterocycles. The highest BCUT2D eigenvalue weighted by Gasteiger charge is 2.47. The number of hydrogen-bond acceptors (Lipinski definition) is 2. The number of rotatable bonds is 3. The maximum Gasteiger partial charge on any atom is 0.0700 e. The third kappa shape index (κ3) is 3.01. The van der Waals surface area contributed by atoms with E-state index in [1.54, 1.807) is 0 Å². The van der Waals surface area contributed by atoms with Gasteiger partial charge in [0.15, 0.2) is 0 Å². The van der Waals surface area contributed by atoms with Gasteiger partial charge in [0.2, 0.25) is 0 Å². The first-order chi connectivity index (χ1) is 11.8. The highest BCUT2D eigenvalue weighted by molar-refractivity contribution is 5.31. The van der Waals surface area contributed by atoms with Crippen LogP contribution in [-0.4, -0.2) is 5.66 Å². The fraction of sp³-hybridized carbons (Fsp3) is 0.455. The fourth-order valence-corrected chi connectivity index (χ4v) is 4.68. The normalized spacial score (nSPS) is 29.0. The Bertz CT molecular complexity index is 605. The summed E-state index contributed by atoms with van der Waals surface area (Å²) in [5.41, 5.74) is 2.86. The summed E-state index contributed by atoms with van der Waals surface area (Å²) in [6.07, 6.45) is 6.47. The maximum atomic E-state index is 4.02. The van der Waals surface area contributed by atoms with Gasteiger partial charge in [0.25, 0.3) is 0 Å². The first-order valence-corrected chi connectivity index (χ1v) is 9.45. The molecule has 1 saturated heterocycles. The van der Waals surface area contributed by atoms with Gasteiger partial charge in [-0.05, 0) is 36.3 Å². The molecule has 126 valence electrons. The van der Waals surface area contributed by atoms with Gasteiger partial charge < -0.3 is 0 Å². The minimum atomic E-state index is 0.0972. The second-order valence-corrected chi connectivity index (χ2v) is 7.52. The van der Waals surface area contributed by atoms with E-state index in [1.165, 1.54) is 43.2 Å². The zero-order valence-corrected chi connectivity index (χ0v) is 14.5. The van der Waals surface area contributed by atoms with Gasteiger partial charge in [-0.25, -0.2) is 0 Å². The van der Waals surface area contributed by atoms with E-state index < -0.39 is 0 Å². The topological polar surface area (TPSA) is 24.1 Å². The van der Waals surface area contributed by atoms with E-state index in [0.717, 1.165) is 5.92 Å². The van der Waals surface area contributed by atoms with Gasteiger partial charge in [-0.1, -0.05) is 80.4 Å². The molecule has 4 rings (SSSR count). The van der Waals surface area contributed by atoms with E-state index in [9.17, 15) is 0 Å². The van der Waals surface area contributed by atoms with Crippen LogP contribution in [0, 0.1) is 5.92 Å². The second kappa shape index (κ2) is 6.70. The molecule has 2 N–H and O–H groups in total. The summed E-state index contributed by atoms with van der Waals surface area (Å²) in [5, 5.41) is 8.05. The van der Waals surface area contributed by atoms with Gasteiger partial charge in [0.1, 0.15) is 0 Å². The van der Waals surface area contributed by atoms with E-state index >= 15 is 0 Å². The van der Waals surface area contributed by atoms with E-state index in [0.29, 0.717) is 12.1 Å². The molecule has 1 aliphatic heterocycles. The molecule has 1 spiro atoms. The second-order valence-electron chi connectivity index (χ2n) is 7.52. The minimum Gasteiger partial charge on any atom is -0.290 e.